The van der Waals surface area contributed by atoms with E-state index in [1.165, 1.54) is 4.90 Å². The van der Waals surface area contributed by atoms with Gasteiger partial charge in [-0.2, -0.15) is 8.42 Å². The topological polar surface area (TPSA) is 54.5 Å². The van der Waals surface area contributed by atoms with Crippen LogP contribution < -0.4 is 0 Å². The summed E-state index contributed by atoms with van der Waals surface area (Å²) in [6, 6.07) is 0. The largest absolute Gasteiger partial charge is 0.336 e. The Morgan fingerprint density at radius 3 is 2.14 bits per heavy atom. The van der Waals surface area contributed by atoms with Crippen LogP contribution in [0.5, 0.6) is 0 Å². The van der Waals surface area contributed by atoms with Crippen LogP contribution in [0.2, 0.25) is 0 Å². The predicted molar refractivity (Wildman–Crippen MR) is 49.9 cm³/mol. The molecule has 0 aliphatic carbocycles. The third kappa shape index (κ3) is 2.23. The first-order chi connectivity index (χ1) is 6.12. The third-order valence-electron chi connectivity index (χ3n) is 2.30. The van der Waals surface area contributed by atoms with Gasteiger partial charge in [0.25, 0.3) is 0 Å². The van der Waals surface area contributed by atoms with Gasteiger partial charge in [-0.05, 0) is 20.8 Å². The van der Waals surface area contributed by atoms with Gasteiger partial charge in [0, 0.05) is 18.5 Å². The molecule has 1 amide bonds. The lowest BCUT2D eigenvalue weighted by atomic mass is 10.1. The minimum Gasteiger partial charge on any atom is -0.336 e. The molecule has 0 aromatic heterocycles. The lowest BCUT2D eigenvalue weighted by Crippen LogP contribution is -2.42. The summed E-state index contributed by atoms with van der Waals surface area (Å²) in [4.78, 5) is 12.8. The van der Waals surface area contributed by atoms with Crippen molar-refractivity contribution in [2.45, 2.75) is 38.0 Å². The smallest absolute Gasteiger partial charge is 0.307 e. The average molecular weight is 223 g/mol. The summed E-state index contributed by atoms with van der Waals surface area (Å²) in [5.41, 5.74) is -0.448. The van der Waals surface area contributed by atoms with Gasteiger partial charge in [-0.25, -0.2) is 0 Å². The van der Waals surface area contributed by atoms with Crippen LogP contribution in [0.15, 0.2) is 0 Å². The highest BCUT2D eigenvalue weighted by Crippen LogP contribution is 2.26. The van der Waals surface area contributed by atoms with Gasteiger partial charge in [0.2, 0.25) is 5.91 Å². The minimum atomic E-state index is -4.59. The molecule has 1 unspecified atom stereocenters. The first-order valence-corrected chi connectivity index (χ1v) is 5.81. The molecule has 1 fully saturated rings. The van der Waals surface area contributed by atoms with E-state index in [9.17, 15) is 17.1 Å². The van der Waals surface area contributed by atoms with Crippen molar-refractivity contribution in [2.75, 3.05) is 6.54 Å². The summed E-state index contributed by atoms with van der Waals surface area (Å²) in [7, 11) is -4.59. The molecule has 1 aliphatic rings. The van der Waals surface area contributed by atoms with Gasteiger partial charge in [-0.3, -0.25) is 4.79 Å². The molecule has 1 heterocycles. The van der Waals surface area contributed by atoms with E-state index in [0.717, 1.165) is 0 Å². The Morgan fingerprint density at radius 2 is 1.93 bits per heavy atom. The van der Waals surface area contributed by atoms with Crippen LogP contribution in [0.3, 0.4) is 0 Å². The number of hydrogen-bond acceptors (Lipinski definition) is 3. The Balaban J connectivity index is 2.86. The molecule has 0 aromatic rings. The van der Waals surface area contributed by atoms with Crippen LogP contribution in [0.1, 0.15) is 27.2 Å². The molecule has 1 rings (SSSR count). The van der Waals surface area contributed by atoms with Gasteiger partial charge in [0.1, 0.15) is 5.25 Å². The molecular weight excluding hydrogens is 209 g/mol. The highest BCUT2D eigenvalue weighted by Gasteiger charge is 2.42. The van der Waals surface area contributed by atoms with Crippen LogP contribution in [-0.4, -0.2) is 36.6 Å². The molecule has 0 N–H and O–H groups in total. The number of amides is 1. The van der Waals surface area contributed by atoms with Crippen LogP contribution >= 0.6 is 0 Å². The number of carbonyl (C=O) groups excluding carboxylic acids is 1. The van der Waals surface area contributed by atoms with E-state index in [-0.39, 0.29) is 18.9 Å². The molecule has 0 bridgehead atoms. The molecule has 6 heteroatoms. The van der Waals surface area contributed by atoms with Crippen molar-refractivity contribution in [1.82, 2.24) is 4.90 Å². The lowest BCUT2D eigenvalue weighted by Gasteiger charge is -2.31. The highest BCUT2D eigenvalue weighted by molar-refractivity contribution is 7.87. The number of likely N-dealkylation sites (tertiary alicyclic amines) is 1. The van der Waals surface area contributed by atoms with Crippen LogP contribution in [-0.2, 0) is 15.0 Å². The average Bonchev–Trinajstić information content (AvgIpc) is 2.27. The first kappa shape index (κ1) is 11.4. The molecule has 0 aromatic carbocycles. The number of rotatable bonds is 1. The summed E-state index contributed by atoms with van der Waals surface area (Å²) in [5, 5.41) is -1.19. The molecule has 14 heavy (non-hydrogen) atoms. The van der Waals surface area contributed by atoms with E-state index in [4.69, 9.17) is 0 Å². The Kier molecular flexibility index (Phi) is 2.60. The van der Waals surface area contributed by atoms with Crippen molar-refractivity contribution < 1.29 is 17.1 Å². The molecule has 1 saturated heterocycles. The second kappa shape index (κ2) is 3.18. The van der Waals surface area contributed by atoms with Gasteiger partial charge >= 0.3 is 10.2 Å². The second-order valence-electron chi connectivity index (χ2n) is 4.48. The number of halogens is 1. The molecule has 0 saturated carbocycles. The number of carbonyl (C=O) groups is 1. The summed E-state index contributed by atoms with van der Waals surface area (Å²) in [6.07, 6.45) is -0.240. The van der Waals surface area contributed by atoms with E-state index in [2.05, 4.69) is 0 Å². The molecular formula is C8H14FNO3S. The quantitative estimate of drug-likeness (QED) is 0.614. The van der Waals surface area contributed by atoms with E-state index in [1.54, 1.807) is 20.8 Å². The highest BCUT2D eigenvalue weighted by atomic mass is 32.3. The normalized spacial score (nSPS) is 24.4. The van der Waals surface area contributed by atoms with Crippen molar-refractivity contribution in [3.63, 3.8) is 0 Å². The summed E-state index contributed by atoms with van der Waals surface area (Å²) in [6.45, 7) is 5.33. The van der Waals surface area contributed by atoms with E-state index in [1.807, 2.05) is 0 Å². The Hall–Kier alpha value is -0.650. The van der Waals surface area contributed by atoms with Crippen molar-refractivity contribution in [2.24, 2.45) is 0 Å². The lowest BCUT2D eigenvalue weighted by molar-refractivity contribution is -0.131. The molecule has 4 nitrogen and oxygen atoms in total. The predicted octanol–water partition coefficient (Wildman–Crippen LogP) is 0.685. The fourth-order valence-corrected chi connectivity index (χ4v) is 2.18. The van der Waals surface area contributed by atoms with Crippen molar-refractivity contribution >= 4 is 16.1 Å². The molecule has 1 aliphatic heterocycles. The zero-order chi connectivity index (χ0) is 11.1. The zero-order valence-corrected chi connectivity index (χ0v) is 9.27. The maximum Gasteiger partial charge on any atom is 0.307 e. The number of nitrogens with zero attached hydrogens (tertiary/aromatic N) is 1. The SMILES string of the molecule is CC(C)(C)N1CC(S(=O)(=O)F)CC1=O. The van der Waals surface area contributed by atoms with E-state index >= 15 is 0 Å². The van der Waals surface area contributed by atoms with Crippen molar-refractivity contribution in [3.05, 3.63) is 0 Å². The summed E-state index contributed by atoms with van der Waals surface area (Å²) >= 11 is 0. The Morgan fingerprint density at radius 1 is 1.43 bits per heavy atom. The Labute approximate surface area is 83.3 Å². The number of hydrogen-bond donors (Lipinski definition) is 0. The van der Waals surface area contributed by atoms with Crippen LogP contribution in [0, 0.1) is 0 Å². The minimum absolute atomic E-state index is 0.0405. The Bertz CT molecular complexity index is 344. The fourth-order valence-electron chi connectivity index (χ4n) is 1.51. The van der Waals surface area contributed by atoms with Gasteiger partial charge < -0.3 is 4.90 Å². The van der Waals surface area contributed by atoms with Crippen LogP contribution in [0.25, 0.3) is 0 Å². The third-order valence-corrected chi connectivity index (χ3v) is 3.41. The van der Waals surface area contributed by atoms with Gasteiger partial charge in [0.05, 0.1) is 0 Å². The first-order valence-electron chi connectivity index (χ1n) is 4.36. The van der Waals surface area contributed by atoms with Crippen molar-refractivity contribution in [3.8, 4) is 0 Å². The molecule has 82 valence electrons. The fraction of sp³-hybridized carbons (Fsp3) is 0.875. The zero-order valence-electron chi connectivity index (χ0n) is 8.45. The standard InChI is InChI=1S/C8H14FNO3S/c1-8(2,3)10-5-6(4-7(10)11)14(9,12)13/h6H,4-5H2,1-3H3. The van der Waals surface area contributed by atoms with Crippen molar-refractivity contribution in [1.29, 1.82) is 0 Å². The maximum atomic E-state index is 12.6. The molecule has 0 spiro atoms. The molecule has 0 radical (unpaired) electrons. The van der Waals surface area contributed by atoms with Gasteiger partial charge in [0.15, 0.2) is 0 Å². The van der Waals surface area contributed by atoms with Crippen LogP contribution in [0.4, 0.5) is 3.89 Å². The van der Waals surface area contributed by atoms with Gasteiger partial charge in [-0.15, -0.1) is 3.89 Å². The van der Waals surface area contributed by atoms with E-state index in [0.29, 0.717) is 0 Å². The molecule has 1 atom stereocenters. The summed E-state index contributed by atoms with van der Waals surface area (Å²) in [5.74, 6) is -0.302. The van der Waals surface area contributed by atoms with E-state index < -0.39 is 21.0 Å². The summed E-state index contributed by atoms with van der Waals surface area (Å²) < 4.78 is 33.8. The maximum absolute atomic E-state index is 12.6. The monoisotopic (exact) mass is 223 g/mol. The second-order valence-corrected chi connectivity index (χ2v) is 6.09. The van der Waals surface area contributed by atoms with Gasteiger partial charge in [-0.1, -0.05) is 0 Å².